The van der Waals surface area contributed by atoms with Crippen LogP contribution in [-0.4, -0.2) is 28.1 Å². The van der Waals surface area contributed by atoms with Gasteiger partial charge in [-0.3, -0.25) is 4.68 Å². The van der Waals surface area contributed by atoms with E-state index in [1.54, 1.807) is 0 Å². The van der Waals surface area contributed by atoms with Crippen molar-refractivity contribution in [3.63, 3.8) is 0 Å². The van der Waals surface area contributed by atoms with Gasteiger partial charge in [-0.2, -0.15) is 5.10 Å². The predicted molar refractivity (Wildman–Crippen MR) is 66.3 cm³/mol. The number of aryl methyl sites for hydroxylation is 1. The summed E-state index contributed by atoms with van der Waals surface area (Å²) < 4.78 is 1.85. The Hall–Kier alpha value is -0.480. The number of nitrogens with zero attached hydrogens (tertiary/aromatic N) is 2. The third-order valence-electron chi connectivity index (χ3n) is 2.28. The summed E-state index contributed by atoms with van der Waals surface area (Å²) in [6.45, 7) is 5.47. The molecule has 1 unspecified atom stereocenters. The van der Waals surface area contributed by atoms with E-state index in [-0.39, 0.29) is 0 Å². The second-order valence-electron chi connectivity index (χ2n) is 3.80. The number of hydrogen-bond acceptors (Lipinski definition) is 3. The zero-order valence-electron chi connectivity index (χ0n) is 9.86. The van der Waals surface area contributed by atoms with Crippen LogP contribution in [0.1, 0.15) is 26.7 Å². The summed E-state index contributed by atoms with van der Waals surface area (Å²) in [6, 6.07) is 0.643. The normalized spacial score (nSPS) is 13.0. The largest absolute Gasteiger partial charge is 0.315 e. The van der Waals surface area contributed by atoms with E-state index in [1.807, 2.05) is 29.7 Å². The van der Waals surface area contributed by atoms with Crippen molar-refractivity contribution < 1.29 is 0 Å². The van der Waals surface area contributed by atoms with E-state index < -0.39 is 0 Å². The Morgan fingerprint density at radius 3 is 3.00 bits per heavy atom. The quantitative estimate of drug-likeness (QED) is 0.572. The molecule has 0 fully saturated rings. The molecular formula is C11H21N3S. The second-order valence-corrected chi connectivity index (χ2v) is 4.97. The Labute approximate surface area is 96.6 Å². The maximum Gasteiger partial charge on any atom is 0.0625 e. The number of rotatable bonds is 7. The highest BCUT2D eigenvalue weighted by Gasteiger charge is 2.00. The first-order valence-corrected chi connectivity index (χ1v) is 6.55. The van der Waals surface area contributed by atoms with Gasteiger partial charge in [0.05, 0.1) is 6.20 Å². The molecule has 1 aromatic heterocycles. The molecule has 4 heteroatoms. The second kappa shape index (κ2) is 6.90. The Balaban J connectivity index is 2.06. The monoisotopic (exact) mass is 227 g/mol. The Kier molecular flexibility index (Phi) is 5.79. The van der Waals surface area contributed by atoms with Crippen molar-refractivity contribution in [3.8, 4) is 0 Å². The summed E-state index contributed by atoms with van der Waals surface area (Å²) in [6.07, 6.45) is 6.51. The lowest BCUT2D eigenvalue weighted by atomic mass is 10.2. The van der Waals surface area contributed by atoms with Crippen molar-refractivity contribution in [2.45, 2.75) is 37.6 Å². The minimum atomic E-state index is 0.643. The lowest BCUT2D eigenvalue weighted by Gasteiger charge is -2.10. The molecular weight excluding hydrogens is 206 g/mol. The summed E-state index contributed by atoms with van der Waals surface area (Å²) in [7, 11) is 1.96. The van der Waals surface area contributed by atoms with Crippen molar-refractivity contribution in [2.24, 2.45) is 7.05 Å². The van der Waals surface area contributed by atoms with Crippen LogP contribution in [0.15, 0.2) is 17.3 Å². The smallest absolute Gasteiger partial charge is 0.0625 e. The van der Waals surface area contributed by atoms with Gasteiger partial charge in [0, 0.05) is 24.2 Å². The van der Waals surface area contributed by atoms with E-state index >= 15 is 0 Å². The Morgan fingerprint density at radius 2 is 2.40 bits per heavy atom. The molecule has 0 bridgehead atoms. The summed E-state index contributed by atoms with van der Waals surface area (Å²) in [4.78, 5) is 1.27. The number of thioether (sulfide) groups is 1. The van der Waals surface area contributed by atoms with Crippen LogP contribution in [0.3, 0.4) is 0 Å². The van der Waals surface area contributed by atoms with Crippen LogP contribution in [0.2, 0.25) is 0 Å². The molecule has 0 saturated heterocycles. The van der Waals surface area contributed by atoms with Crippen LogP contribution in [-0.2, 0) is 7.05 Å². The SMILES string of the molecule is CCNC(C)CCCSc1cnn(C)c1. The molecule has 1 aromatic rings. The summed E-state index contributed by atoms with van der Waals surface area (Å²) in [5.74, 6) is 1.18. The third kappa shape index (κ3) is 5.23. The average Bonchev–Trinajstić information content (AvgIpc) is 2.60. The van der Waals surface area contributed by atoms with Gasteiger partial charge in [-0.15, -0.1) is 11.8 Å². The van der Waals surface area contributed by atoms with E-state index in [0.29, 0.717) is 6.04 Å². The van der Waals surface area contributed by atoms with Crippen molar-refractivity contribution in [1.82, 2.24) is 15.1 Å². The highest BCUT2D eigenvalue weighted by atomic mass is 32.2. The molecule has 0 aliphatic carbocycles. The summed E-state index contributed by atoms with van der Waals surface area (Å²) >= 11 is 1.89. The third-order valence-corrected chi connectivity index (χ3v) is 3.32. The zero-order valence-corrected chi connectivity index (χ0v) is 10.7. The minimum absolute atomic E-state index is 0.643. The van der Waals surface area contributed by atoms with Gasteiger partial charge in [-0.1, -0.05) is 6.92 Å². The lowest BCUT2D eigenvalue weighted by Crippen LogP contribution is -2.25. The molecule has 15 heavy (non-hydrogen) atoms. The summed E-state index contributed by atoms with van der Waals surface area (Å²) in [5, 5.41) is 7.57. The van der Waals surface area contributed by atoms with Crippen LogP contribution < -0.4 is 5.32 Å². The molecule has 0 aliphatic heterocycles. The molecule has 0 aliphatic rings. The van der Waals surface area contributed by atoms with E-state index in [2.05, 4.69) is 30.5 Å². The topological polar surface area (TPSA) is 29.9 Å². The molecule has 0 amide bonds. The van der Waals surface area contributed by atoms with E-state index in [0.717, 1.165) is 6.54 Å². The molecule has 1 rings (SSSR count). The summed E-state index contributed by atoms with van der Waals surface area (Å²) in [5.41, 5.74) is 0. The molecule has 1 heterocycles. The maximum atomic E-state index is 4.14. The van der Waals surface area contributed by atoms with Gasteiger partial charge in [-0.05, 0) is 32.1 Å². The van der Waals surface area contributed by atoms with Gasteiger partial charge >= 0.3 is 0 Å². The van der Waals surface area contributed by atoms with Gasteiger partial charge in [0.1, 0.15) is 0 Å². The standard InChI is InChI=1S/C11H21N3S/c1-4-12-10(2)6-5-7-15-11-8-13-14(3)9-11/h8-10,12H,4-7H2,1-3H3. The maximum absolute atomic E-state index is 4.14. The van der Waals surface area contributed by atoms with Gasteiger partial charge < -0.3 is 5.32 Å². The van der Waals surface area contributed by atoms with E-state index in [9.17, 15) is 0 Å². The van der Waals surface area contributed by atoms with Gasteiger partial charge in [-0.25, -0.2) is 0 Å². The van der Waals surface area contributed by atoms with Crippen LogP contribution in [0, 0.1) is 0 Å². The van der Waals surface area contributed by atoms with E-state index in [1.165, 1.54) is 23.5 Å². The van der Waals surface area contributed by atoms with Crippen LogP contribution in [0.4, 0.5) is 0 Å². The van der Waals surface area contributed by atoms with Crippen LogP contribution in [0.25, 0.3) is 0 Å². The molecule has 0 radical (unpaired) electrons. The fraction of sp³-hybridized carbons (Fsp3) is 0.727. The first-order chi connectivity index (χ1) is 7.22. The molecule has 0 aromatic carbocycles. The van der Waals surface area contributed by atoms with Crippen LogP contribution >= 0.6 is 11.8 Å². The molecule has 3 nitrogen and oxygen atoms in total. The molecule has 86 valence electrons. The highest BCUT2D eigenvalue weighted by molar-refractivity contribution is 7.99. The van der Waals surface area contributed by atoms with Crippen molar-refractivity contribution in [2.75, 3.05) is 12.3 Å². The molecule has 1 atom stereocenters. The molecule has 1 N–H and O–H groups in total. The molecule has 0 spiro atoms. The minimum Gasteiger partial charge on any atom is -0.315 e. The zero-order chi connectivity index (χ0) is 11.1. The predicted octanol–water partition coefficient (Wildman–Crippen LogP) is 2.29. The lowest BCUT2D eigenvalue weighted by molar-refractivity contribution is 0.526. The van der Waals surface area contributed by atoms with Crippen LogP contribution in [0.5, 0.6) is 0 Å². The van der Waals surface area contributed by atoms with Gasteiger partial charge in [0.25, 0.3) is 0 Å². The van der Waals surface area contributed by atoms with E-state index in [4.69, 9.17) is 0 Å². The number of nitrogens with one attached hydrogen (secondary N) is 1. The first kappa shape index (κ1) is 12.6. The highest BCUT2D eigenvalue weighted by Crippen LogP contribution is 2.18. The van der Waals surface area contributed by atoms with Crippen molar-refractivity contribution >= 4 is 11.8 Å². The first-order valence-electron chi connectivity index (χ1n) is 5.57. The Bertz CT molecular complexity index is 273. The fourth-order valence-electron chi connectivity index (χ4n) is 1.50. The fourth-order valence-corrected chi connectivity index (χ4v) is 2.40. The number of hydrogen-bond donors (Lipinski definition) is 1. The average molecular weight is 227 g/mol. The van der Waals surface area contributed by atoms with Crippen molar-refractivity contribution in [3.05, 3.63) is 12.4 Å². The van der Waals surface area contributed by atoms with Gasteiger partial charge in [0.2, 0.25) is 0 Å². The Morgan fingerprint density at radius 1 is 1.60 bits per heavy atom. The van der Waals surface area contributed by atoms with Gasteiger partial charge in [0.15, 0.2) is 0 Å². The number of aromatic nitrogens is 2. The molecule has 0 saturated carbocycles. The van der Waals surface area contributed by atoms with Crippen molar-refractivity contribution in [1.29, 1.82) is 0 Å².